The van der Waals surface area contributed by atoms with Gasteiger partial charge in [0.25, 0.3) is 5.91 Å². The number of aromatic nitrogens is 3. The smallest absolute Gasteiger partial charge is 0.260 e. The molecule has 1 N–H and O–H groups in total. The Hall–Kier alpha value is -3.78. The van der Waals surface area contributed by atoms with Gasteiger partial charge in [0.2, 0.25) is 0 Å². The van der Waals surface area contributed by atoms with E-state index in [2.05, 4.69) is 20.3 Å². The summed E-state index contributed by atoms with van der Waals surface area (Å²) < 4.78 is 19.4. The lowest BCUT2D eigenvalue weighted by Gasteiger charge is -2.19. The van der Waals surface area contributed by atoms with Crippen molar-refractivity contribution in [2.75, 3.05) is 25.0 Å². The highest BCUT2D eigenvalue weighted by Crippen LogP contribution is 2.31. The number of anilines is 2. The fourth-order valence-corrected chi connectivity index (χ4v) is 3.62. The second kappa shape index (κ2) is 10.4. The van der Waals surface area contributed by atoms with Gasteiger partial charge < -0.3 is 15.0 Å². The second-order valence-electron chi connectivity index (χ2n) is 7.43. The zero-order valence-corrected chi connectivity index (χ0v) is 19.5. The van der Waals surface area contributed by atoms with Crippen LogP contribution in [0.1, 0.15) is 13.8 Å². The summed E-state index contributed by atoms with van der Waals surface area (Å²) in [5, 5.41) is 3.86. The summed E-state index contributed by atoms with van der Waals surface area (Å²) in [6, 6.07) is 13.3. The van der Waals surface area contributed by atoms with Gasteiger partial charge in [0.15, 0.2) is 12.4 Å². The van der Waals surface area contributed by atoms with Gasteiger partial charge in [-0.2, -0.15) is 0 Å². The van der Waals surface area contributed by atoms with Crippen LogP contribution in [0.25, 0.3) is 22.3 Å². The van der Waals surface area contributed by atoms with Crippen molar-refractivity contribution in [3.05, 3.63) is 71.8 Å². The SMILES string of the molecule is CCN(CC)C(=O)COc1ccc2nc(-c3cccnc3)nc(Nc3ccc(F)c(Cl)c3)c2c1. The predicted molar refractivity (Wildman–Crippen MR) is 131 cm³/mol. The summed E-state index contributed by atoms with van der Waals surface area (Å²) in [4.78, 5) is 27.5. The molecule has 0 saturated heterocycles. The lowest BCUT2D eigenvalue weighted by atomic mass is 10.2. The van der Waals surface area contributed by atoms with Crippen LogP contribution in [-0.2, 0) is 4.79 Å². The molecule has 174 valence electrons. The van der Waals surface area contributed by atoms with Crippen LogP contribution in [0.3, 0.4) is 0 Å². The molecule has 0 fully saturated rings. The fourth-order valence-electron chi connectivity index (χ4n) is 3.44. The Bertz CT molecular complexity index is 1320. The first kappa shape index (κ1) is 23.4. The van der Waals surface area contributed by atoms with Gasteiger partial charge in [-0.1, -0.05) is 11.6 Å². The average molecular weight is 480 g/mol. The topological polar surface area (TPSA) is 80.2 Å². The molecule has 4 aromatic rings. The fraction of sp³-hybridized carbons (Fsp3) is 0.200. The minimum absolute atomic E-state index is 0.00483. The van der Waals surface area contributed by atoms with E-state index in [1.807, 2.05) is 19.9 Å². The van der Waals surface area contributed by atoms with Gasteiger partial charge in [-0.15, -0.1) is 0 Å². The number of fused-ring (bicyclic) bond motifs is 1. The molecule has 34 heavy (non-hydrogen) atoms. The Labute approximate surface area is 201 Å². The van der Waals surface area contributed by atoms with Crippen molar-refractivity contribution in [1.82, 2.24) is 19.9 Å². The number of ether oxygens (including phenoxy) is 1. The number of carbonyl (C=O) groups excluding carboxylic acids is 1. The minimum atomic E-state index is -0.510. The lowest BCUT2D eigenvalue weighted by molar-refractivity contribution is -0.132. The molecular weight excluding hydrogens is 457 g/mol. The first-order valence-corrected chi connectivity index (χ1v) is 11.2. The van der Waals surface area contributed by atoms with E-state index >= 15 is 0 Å². The number of nitrogens with one attached hydrogen (secondary N) is 1. The lowest BCUT2D eigenvalue weighted by Crippen LogP contribution is -2.34. The maximum atomic E-state index is 13.6. The van der Waals surface area contributed by atoms with Crippen molar-refractivity contribution in [2.45, 2.75) is 13.8 Å². The summed E-state index contributed by atoms with van der Waals surface area (Å²) in [6.45, 7) is 5.02. The molecule has 4 rings (SSSR count). The number of nitrogens with zero attached hydrogens (tertiary/aromatic N) is 4. The van der Waals surface area contributed by atoms with Crippen LogP contribution in [0.2, 0.25) is 5.02 Å². The van der Waals surface area contributed by atoms with Gasteiger partial charge in [0.1, 0.15) is 17.4 Å². The van der Waals surface area contributed by atoms with E-state index in [1.165, 1.54) is 12.1 Å². The molecule has 0 aliphatic rings. The molecule has 1 amide bonds. The van der Waals surface area contributed by atoms with Crippen molar-refractivity contribution in [2.24, 2.45) is 0 Å². The molecule has 0 atom stereocenters. The zero-order valence-electron chi connectivity index (χ0n) is 18.8. The second-order valence-corrected chi connectivity index (χ2v) is 7.83. The van der Waals surface area contributed by atoms with Crippen LogP contribution in [0.15, 0.2) is 60.9 Å². The monoisotopic (exact) mass is 479 g/mol. The highest BCUT2D eigenvalue weighted by molar-refractivity contribution is 6.31. The van der Waals surface area contributed by atoms with Crippen molar-refractivity contribution in [1.29, 1.82) is 0 Å². The standard InChI is InChI=1S/C25H23ClFN5O2/c1-3-32(4-2)23(33)15-34-18-8-10-22-19(13-18)25(29-17-7-9-21(27)20(26)12-17)31-24(30-22)16-6-5-11-28-14-16/h5-14H,3-4,15H2,1-2H3,(H,29,30,31). The number of amides is 1. The van der Waals surface area contributed by atoms with E-state index in [0.29, 0.717) is 47.1 Å². The summed E-state index contributed by atoms with van der Waals surface area (Å²) in [6.07, 6.45) is 3.35. The van der Waals surface area contributed by atoms with Gasteiger partial charge in [-0.25, -0.2) is 14.4 Å². The highest BCUT2D eigenvalue weighted by Gasteiger charge is 2.14. The first-order valence-electron chi connectivity index (χ1n) is 10.8. The number of pyridine rings is 1. The van der Waals surface area contributed by atoms with Crippen LogP contribution in [0.5, 0.6) is 5.75 Å². The van der Waals surface area contributed by atoms with Crippen molar-refractivity contribution >= 4 is 39.9 Å². The van der Waals surface area contributed by atoms with Crippen molar-refractivity contribution in [3.63, 3.8) is 0 Å². The van der Waals surface area contributed by atoms with Gasteiger partial charge in [0, 0.05) is 42.1 Å². The van der Waals surface area contributed by atoms with Gasteiger partial charge in [-0.05, 0) is 62.4 Å². The van der Waals surface area contributed by atoms with E-state index < -0.39 is 5.82 Å². The molecule has 2 aromatic heterocycles. The Morgan fingerprint density at radius 1 is 1.12 bits per heavy atom. The molecule has 2 aromatic carbocycles. The number of rotatable bonds is 8. The van der Waals surface area contributed by atoms with E-state index in [4.69, 9.17) is 16.3 Å². The van der Waals surface area contributed by atoms with Gasteiger partial charge in [-0.3, -0.25) is 9.78 Å². The molecule has 0 aliphatic heterocycles. The quantitative estimate of drug-likeness (QED) is 0.360. The third-order valence-corrected chi connectivity index (χ3v) is 5.54. The highest BCUT2D eigenvalue weighted by atomic mass is 35.5. The summed E-state index contributed by atoms with van der Waals surface area (Å²) >= 11 is 5.96. The van der Waals surface area contributed by atoms with Crippen LogP contribution in [0, 0.1) is 5.82 Å². The number of carbonyl (C=O) groups is 1. The molecule has 0 saturated carbocycles. The Kier molecular flexibility index (Phi) is 7.18. The molecule has 0 radical (unpaired) electrons. The Morgan fingerprint density at radius 3 is 2.65 bits per heavy atom. The zero-order chi connectivity index (χ0) is 24.1. The molecule has 0 aliphatic carbocycles. The predicted octanol–water partition coefficient (Wildman–Crippen LogP) is 5.48. The molecule has 0 spiro atoms. The maximum absolute atomic E-state index is 13.6. The van der Waals surface area contributed by atoms with E-state index in [-0.39, 0.29) is 17.5 Å². The molecule has 7 nitrogen and oxygen atoms in total. The Morgan fingerprint density at radius 2 is 1.94 bits per heavy atom. The largest absolute Gasteiger partial charge is 0.484 e. The number of benzene rings is 2. The van der Waals surface area contributed by atoms with E-state index in [9.17, 15) is 9.18 Å². The van der Waals surface area contributed by atoms with E-state index in [1.54, 1.807) is 47.6 Å². The minimum Gasteiger partial charge on any atom is -0.484 e. The van der Waals surface area contributed by atoms with Crippen LogP contribution in [-0.4, -0.2) is 45.5 Å². The maximum Gasteiger partial charge on any atom is 0.260 e. The molecule has 0 unspecified atom stereocenters. The molecule has 2 heterocycles. The third kappa shape index (κ3) is 5.23. The van der Waals surface area contributed by atoms with Gasteiger partial charge >= 0.3 is 0 Å². The van der Waals surface area contributed by atoms with Crippen molar-refractivity contribution < 1.29 is 13.9 Å². The third-order valence-electron chi connectivity index (χ3n) is 5.25. The van der Waals surface area contributed by atoms with Crippen LogP contribution < -0.4 is 10.1 Å². The molecule has 9 heteroatoms. The number of halogens is 2. The first-order chi connectivity index (χ1) is 16.5. The van der Waals surface area contributed by atoms with Crippen molar-refractivity contribution in [3.8, 4) is 17.1 Å². The summed E-state index contributed by atoms with van der Waals surface area (Å²) in [5.41, 5.74) is 1.97. The number of hydrogen-bond donors (Lipinski definition) is 1. The normalized spacial score (nSPS) is 10.8. The molecular formula is C25H23ClFN5O2. The van der Waals surface area contributed by atoms with E-state index in [0.717, 1.165) is 5.56 Å². The summed E-state index contributed by atoms with van der Waals surface area (Å²) in [5.74, 6) is 0.858. The summed E-state index contributed by atoms with van der Waals surface area (Å²) in [7, 11) is 0. The Balaban J connectivity index is 1.72. The number of hydrogen-bond acceptors (Lipinski definition) is 6. The number of likely N-dealkylation sites (N-methyl/N-ethyl adjacent to an activating group) is 1. The average Bonchev–Trinajstić information content (AvgIpc) is 2.86. The van der Waals surface area contributed by atoms with Crippen LogP contribution >= 0.6 is 11.6 Å². The van der Waals surface area contributed by atoms with Gasteiger partial charge in [0.05, 0.1) is 10.5 Å². The molecule has 0 bridgehead atoms. The van der Waals surface area contributed by atoms with Crippen LogP contribution in [0.4, 0.5) is 15.9 Å².